The molecule has 0 atom stereocenters. The van der Waals surface area contributed by atoms with Gasteiger partial charge >= 0.3 is 0 Å². The summed E-state index contributed by atoms with van der Waals surface area (Å²) >= 11 is 5.19. The summed E-state index contributed by atoms with van der Waals surface area (Å²) in [4.78, 5) is 15.3. The molecule has 1 aliphatic rings. The van der Waals surface area contributed by atoms with Crippen LogP contribution in [0.4, 0.5) is 0 Å². The molecule has 0 aromatic heterocycles. The summed E-state index contributed by atoms with van der Waals surface area (Å²) in [6, 6.07) is 8.29. The number of carbonyl (C=O) groups excluding carboxylic acids is 1. The Kier molecular flexibility index (Phi) is 3.69. The lowest BCUT2D eigenvalue weighted by atomic mass is 9.87. The normalized spacial score (nSPS) is 18.4. The summed E-state index contributed by atoms with van der Waals surface area (Å²) in [7, 11) is 3.52. The number of nitrogens with zero attached hydrogens (tertiary/aromatic N) is 2. The Hall–Kier alpha value is -1.68. The summed E-state index contributed by atoms with van der Waals surface area (Å²) < 4.78 is 0. The van der Waals surface area contributed by atoms with Crippen molar-refractivity contribution in [3.05, 3.63) is 41.1 Å². The molecule has 1 aliphatic heterocycles. The minimum absolute atomic E-state index is 0.0580. The van der Waals surface area contributed by atoms with Crippen molar-refractivity contribution in [1.29, 1.82) is 0 Å². The van der Waals surface area contributed by atoms with Gasteiger partial charge in [-0.05, 0) is 34.8 Å². The minimum atomic E-state index is -0.0580. The molecule has 2 rings (SSSR count). The molecule has 0 N–H and O–H groups in total. The van der Waals surface area contributed by atoms with Crippen LogP contribution in [0.25, 0.3) is 6.08 Å². The lowest BCUT2D eigenvalue weighted by molar-refractivity contribution is -0.121. The van der Waals surface area contributed by atoms with E-state index in [1.165, 1.54) is 10.5 Å². The molecule has 0 unspecified atom stereocenters. The Bertz CT molecular complexity index is 581. The molecule has 0 spiro atoms. The summed E-state index contributed by atoms with van der Waals surface area (Å²) in [6.07, 6.45) is 1.88. The van der Waals surface area contributed by atoms with Crippen LogP contribution in [0, 0.1) is 0 Å². The number of rotatable bonds is 1. The van der Waals surface area contributed by atoms with Crippen molar-refractivity contribution in [3.8, 4) is 0 Å². The van der Waals surface area contributed by atoms with Crippen LogP contribution in [0.3, 0.4) is 0 Å². The summed E-state index contributed by atoms with van der Waals surface area (Å²) in [5, 5.41) is 0.535. The van der Waals surface area contributed by atoms with Gasteiger partial charge in [0, 0.05) is 14.1 Å². The Morgan fingerprint density at radius 1 is 1.05 bits per heavy atom. The van der Waals surface area contributed by atoms with Gasteiger partial charge in [0.1, 0.15) is 5.70 Å². The monoisotopic (exact) mass is 288 g/mol. The molecule has 4 heteroatoms. The van der Waals surface area contributed by atoms with Gasteiger partial charge in [0.05, 0.1) is 0 Å². The molecule has 1 saturated heterocycles. The van der Waals surface area contributed by atoms with Crippen LogP contribution in [-0.2, 0) is 10.2 Å². The third-order valence-electron chi connectivity index (χ3n) is 3.54. The molecule has 1 aromatic carbocycles. The molecule has 1 aromatic rings. The van der Waals surface area contributed by atoms with E-state index in [4.69, 9.17) is 12.2 Å². The Morgan fingerprint density at radius 2 is 1.60 bits per heavy atom. The molecule has 0 aliphatic carbocycles. The van der Waals surface area contributed by atoms with Gasteiger partial charge in [-0.3, -0.25) is 9.69 Å². The van der Waals surface area contributed by atoms with Crippen molar-refractivity contribution in [1.82, 2.24) is 9.80 Å². The Balaban J connectivity index is 2.32. The highest BCUT2D eigenvalue weighted by atomic mass is 32.1. The van der Waals surface area contributed by atoms with E-state index >= 15 is 0 Å². The van der Waals surface area contributed by atoms with Crippen LogP contribution in [-0.4, -0.2) is 34.9 Å². The first-order chi connectivity index (χ1) is 9.21. The van der Waals surface area contributed by atoms with Gasteiger partial charge < -0.3 is 4.90 Å². The van der Waals surface area contributed by atoms with Crippen molar-refractivity contribution in [2.75, 3.05) is 14.1 Å². The van der Waals surface area contributed by atoms with Crippen LogP contribution in [0.5, 0.6) is 0 Å². The van der Waals surface area contributed by atoms with E-state index < -0.39 is 0 Å². The fraction of sp³-hybridized carbons (Fsp3) is 0.375. The van der Waals surface area contributed by atoms with E-state index in [1.807, 2.05) is 25.3 Å². The topological polar surface area (TPSA) is 23.6 Å². The lowest BCUT2D eigenvalue weighted by Crippen LogP contribution is -2.26. The van der Waals surface area contributed by atoms with Crippen LogP contribution < -0.4 is 0 Å². The molecular formula is C16H20N2OS. The van der Waals surface area contributed by atoms with E-state index in [-0.39, 0.29) is 11.3 Å². The highest BCUT2D eigenvalue weighted by Gasteiger charge is 2.32. The molecule has 1 fully saturated rings. The van der Waals surface area contributed by atoms with Crippen molar-refractivity contribution in [2.24, 2.45) is 0 Å². The van der Waals surface area contributed by atoms with Crippen molar-refractivity contribution >= 4 is 29.3 Å². The minimum Gasteiger partial charge on any atom is -0.317 e. The standard InChI is InChI=1S/C16H20N2OS/c1-16(2,3)12-8-6-11(7-9-12)10-13-14(19)18(5)15(20)17(13)4/h6-10H,1-5H3/b13-10+. The Morgan fingerprint density at radius 3 is 2.00 bits per heavy atom. The van der Waals surface area contributed by atoms with Gasteiger partial charge in [-0.15, -0.1) is 0 Å². The second-order valence-corrected chi connectivity index (χ2v) is 6.47. The maximum Gasteiger partial charge on any atom is 0.276 e. The smallest absolute Gasteiger partial charge is 0.276 e. The van der Waals surface area contributed by atoms with Crippen LogP contribution in [0.1, 0.15) is 31.9 Å². The van der Waals surface area contributed by atoms with E-state index in [1.54, 1.807) is 11.9 Å². The molecular weight excluding hydrogens is 268 g/mol. The third-order valence-corrected chi connectivity index (χ3v) is 4.09. The highest BCUT2D eigenvalue weighted by Crippen LogP contribution is 2.24. The van der Waals surface area contributed by atoms with Crippen molar-refractivity contribution in [3.63, 3.8) is 0 Å². The largest absolute Gasteiger partial charge is 0.317 e. The third kappa shape index (κ3) is 2.61. The zero-order chi connectivity index (χ0) is 15.1. The zero-order valence-electron chi connectivity index (χ0n) is 12.6. The number of hydrogen-bond donors (Lipinski definition) is 0. The average Bonchev–Trinajstić information content (AvgIpc) is 2.56. The quantitative estimate of drug-likeness (QED) is 0.586. The van der Waals surface area contributed by atoms with Crippen molar-refractivity contribution < 1.29 is 4.79 Å². The molecule has 3 nitrogen and oxygen atoms in total. The van der Waals surface area contributed by atoms with Gasteiger partial charge in [0.15, 0.2) is 5.11 Å². The van der Waals surface area contributed by atoms with E-state index in [9.17, 15) is 4.79 Å². The number of amides is 1. The number of carbonyl (C=O) groups is 1. The van der Waals surface area contributed by atoms with Crippen LogP contribution >= 0.6 is 12.2 Å². The van der Waals surface area contributed by atoms with E-state index in [2.05, 4.69) is 32.9 Å². The molecule has 20 heavy (non-hydrogen) atoms. The summed E-state index contributed by atoms with van der Waals surface area (Å²) in [5.41, 5.74) is 3.03. The first kappa shape index (κ1) is 14.7. The molecule has 1 amide bonds. The van der Waals surface area contributed by atoms with Gasteiger partial charge in [0.2, 0.25) is 0 Å². The van der Waals surface area contributed by atoms with Gasteiger partial charge in [0.25, 0.3) is 5.91 Å². The lowest BCUT2D eigenvalue weighted by Gasteiger charge is -2.18. The van der Waals surface area contributed by atoms with Gasteiger partial charge in [-0.1, -0.05) is 45.0 Å². The predicted molar refractivity (Wildman–Crippen MR) is 86.3 cm³/mol. The number of thiocarbonyl (C=S) groups is 1. The summed E-state index contributed by atoms with van der Waals surface area (Å²) in [5.74, 6) is -0.0580. The molecule has 0 bridgehead atoms. The second kappa shape index (κ2) is 5.02. The highest BCUT2D eigenvalue weighted by molar-refractivity contribution is 7.80. The predicted octanol–water partition coefficient (Wildman–Crippen LogP) is 3.01. The number of likely N-dealkylation sites (N-methyl/N-ethyl adjacent to an activating group) is 2. The molecule has 0 radical (unpaired) electrons. The van der Waals surface area contributed by atoms with Crippen LogP contribution in [0.15, 0.2) is 30.0 Å². The maximum absolute atomic E-state index is 12.1. The molecule has 1 heterocycles. The van der Waals surface area contributed by atoms with Crippen LogP contribution in [0.2, 0.25) is 0 Å². The SMILES string of the molecule is CN1C(=O)/C(=C\c2ccc(C(C)(C)C)cc2)N(C)C1=S. The van der Waals surface area contributed by atoms with Gasteiger partial charge in [-0.2, -0.15) is 0 Å². The Labute approximate surface area is 125 Å². The average molecular weight is 288 g/mol. The zero-order valence-corrected chi connectivity index (χ0v) is 13.4. The molecule has 0 saturated carbocycles. The second-order valence-electron chi connectivity index (χ2n) is 6.11. The first-order valence-corrected chi connectivity index (χ1v) is 7.00. The fourth-order valence-electron chi connectivity index (χ4n) is 2.13. The summed E-state index contributed by atoms with van der Waals surface area (Å²) in [6.45, 7) is 6.55. The fourth-order valence-corrected chi connectivity index (χ4v) is 2.31. The molecule has 106 valence electrons. The van der Waals surface area contributed by atoms with E-state index in [0.29, 0.717) is 10.8 Å². The van der Waals surface area contributed by atoms with E-state index in [0.717, 1.165) is 5.56 Å². The maximum atomic E-state index is 12.1. The van der Waals surface area contributed by atoms with Gasteiger partial charge in [-0.25, -0.2) is 0 Å². The first-order valence-electron chi connectivity index (χ1n) is 6.60. The number of hydrogen-bond acceptors (Lipinski definition) is 2. The van der Waals surface area contributed by atoms with Crippen molar-refractivity contribution in [2.45, 2.75) is 26.2 Å². The number of benzene rings is 1.